The molecule has 1 aliphatic heterocycles. The van der Waals surface area contributed by atoms with Gasteiger partial charge in [-0.25, -0.2) is 0 Å². The third-order valence-electron chi connectivity index (χ3n) is 1.73. The van der Waals surface area contributed by atoms with Gasteiger partial charge in [-0.05, 0) is 6.42 Å². The molecule has 4 heteroatoms. The molecule has 0 radical (unpaired) electrons. The molecule has 4 nitrogen and oxygen atoms in total. The monoisotopic (exact) mass is 156 g/mol. The van der Waals surface area contributed by atoms with E-state index in [4.69, 9.17) is 0 Å². The summed E-state index contributed by atoms with van der Waals surface area (Å²) in [7, 11) is 3.37. The lowest BCUT2D eigenvalue weighted by molar-refractivity contribution is -0.132. The lowest BCUT2D eigenvalue weighted by atomic mass is 10.2. The SMILES string of the molecule is CN(C)C(=O)[C@H]1CCC(=O)N1. The van der Waals surface area contributed by atoms with Gasteiger partial charge in [0.15, 0.2) is 0 Å². The molecule has 11 heavy (non-hydrogen) atoms. The van der Waals surface area contributed by atoms with Gasteiger partial charge in [0.25, 0.3) is 0 Å². The van der Waals surface area contributed by atoms with Crippen LogP contribution < -0.4 is 5.32 Å². The summed E-state index contributed by atoms with van der Waals surface area (Å²) in [5.74, 6) is -0.0407. The first-order valence-corrected chi connectivity index (χ1v) is 3.62. The smallest absolute Gasteiger partial charge is 0.244 e. The average Bonchev–Trinajstić information content (AvgIpc) is 2.34. The zero-order chi connectivity index (χ0) is 8.43. The van der Waals surface area contributed by atoms with Gasteiger partial charge in [-0.2, -0.15) is 0 Å². The predicted molar refractivity (Wildman–Crippen MR) is 39.9 cm³/mol. The molecule has 0 bridgehead atoms. The fourth-order valence-electron chi connectivity index (χ4n) is 1.11. The Morgan fingerprint density at radius 3 is 2.64 bits per heavy atom. The van der Waals surface area contributed by atoms with Crippen LogP contribution in [0.25, 0.3) is 0 Å². The first-order chi connectivity index (χ1) is 5.11. The van der Waals surface area contributed by atoms with Crippen molar-refractivity contribution in [1.29, 1.82) is 0 Å². The van der Waals surface area contributed by atoms with Crippen molar-refractivity contribution in [3.05, 3.63) is 0 Å². The number of hydrogen-bond donors (Lipinski definition) is 1. The van der Waals surface area contributed by atoms with Crippen LogP contribution in [0, 0.1) is 0 Å². The molecule has 1 atom stereocenters. The van der Waals surface area contributed by atoms with Crippen molar-refractivity contribution >= 4 is 11.8 Å². The fraction of sp³-hybridized carbons (Fsp3) is 0.714. The van der Waals surface area contributed by atoms with E-state index in [0.717, 1.165) is 0 Å². The van der Waals surface area contributed by atoms with Crippen molar-refractivity contribution in [1.82, 2.24) is 10.2 Å². The molecule has 0 aliphatic carbocycles. The van der Waals surface area contributed by atoms with Gasteiger partial charge in [0, 0.05) is 20.5 Å². The van der Waals surface area contributed by atoms with Crippen LogP contribution in [-0.2, 0) is 9.59 Å². The molecular weight excluding hydrogens is 144 g/mol. The van der Waals surface area contributed by atoms with Crippen LogP contribution in [0.3, 0.4) is 0 Å². The first kappa shape index (κ1) is 8.04. The molecule has 0 spiro atoms. The van der Waals surface area contributed by atoms with Crippen LogP contribution >= 0.6 is 0 Å². The van der Waals surface area contributed by atoms with Crippen LogP contribution in [-0.4, -0.2) is 36.9 Å². The molecule has 1 N–H and O–H groups in total. The Balaban J connectivity index is 2.50. The zero-order valence-corrected chi connectivity index (χ0v) is 6.76. The Morgan fingerprint density at radius 1 is 1.64 bits per heavy atom. The molecule has 0 unspecified atom stereocenters. The van der Waals surface area contributed by atoms with Gasteiger partial charge in [0.2, 0.25) is 11.8 Å². The highest BCUT2D eigenvalue weighted by atomic mass is 16.2. The van der Waals surface area contributed by atoms with Crippen LogP contribution in [0.1, 0.15) is 12.8 Å². The third kappa shape index (κ3) is 1.69. The van der Waals surface area contributed by atoms with E-state index in [1.807, 2.05) is 0 Å². The van der Waals surface area contributed by atoms with Gasteiger partial charge in [0.05, 0.1) is 0 Å². The van der Waals surface area contributed by atoms with Gasteiger partial charge in [-0.3, -0.25) is 9.59 Å². The molecule has 0 saturated carbocycles. The molecule has 62 valence electrons. The maximum atomic E-state index is 11.2. The molecular formula is C7H12N2O2. The van der Waals surface area contributed by atoms with E-state index in [1.165, 1.54) is 4.90 Å². The van der Waals surface area contributed by atoms with Crippen molar-refractivity contribution in [3.63, 3.8) is 0 Å². The average molecular weight is 156 g/mol. The van der Waals surface area contributed by atoms with Gasteiger partial charge in [-0.1, -0.05) is 0 Å². The highest BCUT2D eigenvalue weighted by Gasteiger charge is 2.27. The highest BCUT2D eigenvalue weighted by Crippen LogP contribution is 2.07. The number of nitrogens with zero attached hydrogens (tertiary/aromatic N) is 1. The summed E-state index contributed by atoms with van der Waals surface area (Å²) in [5.41, 5.74) is 0. The van der Waals surface area contributed by atoms with Crippen LogP contribution in [0.5, 0.6) is 0 Å². The topological polar surface area (TPSA) is 49.4 Å². The molecule has 1 fully saturated rings. The zero-order valence-electron chi connectivity index (χ0n) is 6.76. The van der Waals surface area contributed by atoms with E-state index in [0.29, 0.717) is 12.8 Å². The van der Waals surface area contributed by atoms with E-state index in [9.17, 15) is 9.59 Å². The van der Waals surface area contributed by atoms with Crippen molar-refractivity contribution in [2.75, 3.05) is 14.1 Å². The number of carbonyl (C=O) groups excluding carboxylic acids is 2. The van der Waals surface area contributed by atoms with Gasteiger partial charge < -0.3 is 10.2 Å². The second-order valence-corrected chi connectivity index (χ2v) is 2.89. The number of carbonyl (C=O) groups is 2. The molecule has 1 saturated heterocycles. The largest absolute Gasteiger partial charge is 0.347 e. The molecule has 0 aromatic rings. The maximum Gasteiger partial charge on any atom is 0.244 e. The molecule has 1 aliphatic rings. The van der Waals surface area contributed by atoms with Crippen LogP contribution in [0.2, 0.25) is 0 Å². The van der Waals surface area contributed by atoms with Gasteiger partial charge >= 0.3 is 0 Å². The second kappa shape index (κ2) is 2.90. The van der Waals surface area contributed by atoms with Crippen molar-refractivity contribution in [3.8, 4) is 0 Å². The van der Waals surface area contributed by atoms with E-state index >= 15 is 0 Å². The Hall–Kier alpha value is -1.06. The van der Waals surface area contributed by atoms with E-state index in [1.54, 1.807) is 14.1 Å². The second-order valence-electron chi connectivity index (χ2n) is 2.89. The Morgan fingerprint density at radius 2 is 2.27 bits per heavy atom. The van der Waals surface area contributed by atoms with Crippen molar-refractivity contribution in [2.24, 2.45) is 0 Å². The fourth-order valence-corrected chi connectivity index (χ4v) is 1.11. The number of amides is 2. The normalized spacial score (nSPS) is 23.1. The van der Waals surface area contributed by atoms with E-state index < -0.39 is 0 Å². The summed E-state index contributed by atoms with van der Waals surface area (Å²) in [6.45, 7) is 0. The summed E-state index contributed by atoms with van der Waals surface area (Å²) < 4.78 is 0. The van der Waals surface area contributed by atoms with Crippen molar-refractivity contribution < 1.29 is 9.59 Å². The minimum absolute atomic E-state index is 0.0177. The summed E-state index contributed by atoms with van der Waals surface area (Å²) in [6.07, 6.45) is 1.11. The number of hydrogen-bond acceptors (Lipinski definition) is 2. The quantitative estimate of drug-likeness (QED) is 0.548. The summed E-state index contributed by atoms with van der Waals surface area (Å²) in [5, 5.41) is 2.60. The van der Waals surface area contributed by atoms with Crippen molar-refractivity contribution in [2.45, 2.75) is 18.9 Å². The Kier molecular flexibility index (Phi) is 2.12. The van der Waals surface area contributed by atoms with Gasteiger partial charge in [0.1, 0.15) is 6.04 Å². The van der Waals surface area contributed by atoms with Gasteiger partial charge in [-0.15, -0.1) is 0 Å². The molecule has 0 aromatic heterocycles. The summed E-state index contributed by atoms with van der Waals surface area (Å²) in [4.78, 5) is 23.4. The Bertz CT molecular complexity index is 189. The highest BCUT2D eigenvalue weighted by molar-refractivity contribution is 5.90. The maximum absolute atomic E-state index is 11.2. The third-order valence-corrected chi connectivity index (χ3v) is 1.73. The Labute approximate surface area is 65.6 Å². The van der Waals surface area contributed by atoms with Crippen LogP contribution in [0.4, 0.5) is 0 Å². The lowest BCUT2D eigenvalue weighted by Crippen LogP contribution is -2.40. The number of likely N-dealkylation sites (N-methyl/N-ethyl adjacent to an activating group) is 1. The summed E-state index contributed by atoms with van der Waals surface area (Å²) >= 11 is 0. The molecule has 0 aromatic carbocycles. The van der Waals surface area contributed by atoms with Crippen LogP contribution in [0.15, 0.2) is 0 Å². The van der Waals surface area contributed by atoms with E-state index in [-0.39, 0.29) is 17.9 Å². The molecule has 1 heterocycles. The lowest BCUT2D eigenvalue weighted by Gasteiger charge is -2.15. The minimum Gasteiger partial charge on any atom is -0.347 e. The summed E-state index contributed by atoms with van der Waals surface area (Å²) in [6, 6.07) is -0.280. The molecule has 1 rings (SSSR count). The standard InChI is InChI=1S/C7H12N2O2/c1-9(2)7(11)5-3-4-6(10)8-5/h5H,3-4H2,1-2H3,(H,8,10)/t5-/m1/s1. The molecule has 2 amide bonds. The predicted octanol–water partition coefficient (Wildman–Crippen LogP) is -0.647. The van der Waals surface area contributed by atoms with E-state index in [2.05, 4.69) is 5.32 Å². The number of rotatable bonds is 1. The number of nitrogens with one attached hydrogen (secondary N) is 1. The minimum atomic E-state index is -0.280. The first-order valence-electron chi connectivity index (χ1n) is 3.62.